The second-order valence-corrected chi connectivity index (χ2v) is 5.71. The smallest absolute Gasteiger partial charge is 0.266 e. The molecule has 1 N–H and O–H groups in total. The number of hydrogen-bond donors (Lipinski definition) is 1. The second kappa shape index (κ2) is 8.72. The van der Waals surface area contributed by atoms with Gasteiger partial charge in [-0.3, -0.25) is 4.79 Å². The maximum Gasteiger partial charge on any atom is 0.266 e. The van der Waals surface area contributed by atoms with Crippen LogP contribution in [0.2, 0.25) is 5.02 Å². The molecule has 1 amide bonds. The van der Waals surface area contributed by atoms with E-state index in [1.165, 1.54) is 6.08 Å². The van der Waals surface area contributed by atoms with Crippen molar-refractivity contribution in [1.82, 2.24) is 0 Å². The first-order valence-corrected chi connectivity index (χ1v) is 7.94. The number of ether oxygens (including phenoxy) is 1. The van der Waals surface area contributed by atoms with Crippen molar-refractivity contribution in [3.63, 3.8) is 0 Å². The predicted molar refractivity (Wildman–Crippen MR) is 101 cm³/mol. The molecule has 0 heterocycles. The molecule has 5 heteroatoms. The lowest BCUT2D eigenvalue weighted by molar-refractivity contribution is -0.112. The molecule has 0 radical (unpaired) electrons. The highest BCUT2D eigenvalue weighted by molar-refractivity contribution is 6.30. The summed E-state index contributed by atoms with van der Waals surface area (Å²) in [4.78, 5) is 12.4. The fourth-order valence-corrected chi connectivity index (χ4v) is 2.32. The Balaban J connectivity index is 2.30. The molecular weight excluding hydrogens is 336 g/mol. The van der Waals surface area contributed by atoms with Crippen molar-refractivity contribution >= 4 is 29.3 Å². The van der Waals surface area contributed by atoms with Crippen molar-refractivity contribution in [3.05, 3.63) is 76.8 Å². The monoisotopic (exact) mass is 352 g/mol. The zero-order chi connectivity index (χ0) is 18.2. The van der Waals surface area contributed by atoms with Crippen LogP contribution < -0.4 is 10.1 Å². The highest BCUT2D eigenvalue weighted by atomic mass is 35.5. The fourth-order valence-electron chi connectivity index (χ4n) is 2.14. The molecule has 25 heavy (non-hydrogen) atoms. The molecule has 2 aromatic carbocycles. The largest absolute Gasteiger partial charge is 0.489 e. The van der Waals surface area contributed by atoms with E-state index in [2.05, 4.69) is 11.9 Å². The van der Waals surface area contributed by atoms with E-state index in [-0.39, 0.29) is 5.57 Å². The summed E-state index contributed by atoms with van der Waals surface area (Å²) in [5.41, 5.74) is 2.13. The van der Waals surface area contributed by atoms with Gasteiger partial charge in [0, 0.05) is 16.3 Å². The van der Waals surface area contributed by atoms with Crippen molar-refractivity contribution in [2.45, 2.75) is 6.92 Å². The second-order valence-electron chi connectivity index (χ2n) is 5.28. The molecule has 2 aromatic rings. The first-order valence-electron chi connectivity index (χ1n) is 7.56. The quantitative estimate of drug-likeness (QED) is 0.463. The summed E-state index contributed by atoms with van der Waals surface area (Å²) in [6, 6.07) is 14.3. The average molecular weight is 353 g/mol. The van der Waals surface area contributed by atoms with Gasteiger partial charge in [0.25, 0.3) is 5.91 Å². The number of amides is 1. The van der Waals surface area contributed by atoms with Crippen LogP contribution in [0.4, 0.5) is 5.69 Å². The van der Waals surface area contributed by atoms with E-state index in [4.69, 9.17) is 16.3 Å². The summed E-state index contributed by atoms with van der Waals surface area (Å²) in [7, 11) is 0. The van der Waals surface area contributed by atoms with Crippen LogP contribution in [0.15, 0.2) is 60.7 Å². The maximum atomic E-state index is 12.4. The van der Waals surface area contributed by atoms with Gasteiger partial charge in [-0.25, -0.2) is 0 Å². The first kappa shape index (κ1) is 18.3. The standard InChI is InChI=1S/C20H17ClN2O2/c1-3-9-25-19-8-7-17(21)12-15(19)11-16(13-22)20(24)23-18-6-4-5-14(2)10-18/h3-8,10-12H,1,9H2,2H3,(H,23,24)/b16-11+. The number of anilines is 1. The van der Waals surface area contributed by atoms with Gasteiger partial charge in [-0.05, 0) is 48.9 Å². The molecule has 0 unspecified atom stereocenters. The number of rotatable bonds is 6. The molecule has 0 aliphatic carbocycles. The molecule has 2 rings (SSSR count). The Morgan fingerprint density at radius 2 is 2.16 bits per heavy atom. The van der Waals surface area contributed by atoms with Crippen LogP contribution in [0.5, 0.6) is 5.75 Å². The van der Waals surface area contributed by atoms with Gasteiger partial charge < -0.3 is 10.1 Å². The van der Waals surface area contributed by atoms with Crippen LogP contribution in [0.25, 0.3) is 6.08 Å². The van der Waals surface area contributed by atoms with Crippen LogP contribution in [0.3, 0.4) is 0 Å². The highest BCUT2D eigenvalue weighted by Crippen LogP contribution is 2.25. The van der Waals surface area contributed by atoms with Crippen molar-refractivity contribution in [2.75, 3.05) is 11.9 Å². The molecule has 4 nitrogen and oxygen atoms in total. The molecule has 0 aliphatic rings. The van der Waals surface area contributed by atoms with Crippen LogP contribution in [-0.4, -0.2) is 12.5 Å². The number of nitriles is 1. The molecule has 0 fully saturated rings. The molecule has 0 atom stereocenters. The van der Waals surface area contributed by atoms with Gasteiger partial charge in [-0.1, -0.05) is 36.4 Å². The zero-order valence-corrected chi connectivity index (χ0v) is 14.5. The number of nitrogens with zero attached hydrogens (tertiary/aromatic N) is 1. The van der Waals surface area contributed by atoms with Gasteiger partial charge in [-0.15, -0.1) is 0 Å². The number of hydrogen-bond acceptors (Lipinski definition) is 3. The molecule has 126 valence electrons. The highest BCUT2D eigenvalue weighted by Gasteiger charge is 2.12. The van der Waals surface area contributed by atoms with Crippen LogP contribution in [0.1, 0.15) is 11.1 Å². The Labute approximate surface area is 152 Å². The molecule has 0 bridgehead atoms. The summed E-state index contributed by atoms with van der Waals surface area (Å²) in [6.07, 6.45) is 3.06. The summed E-state index contributed by atoms with van der Waals surface area (Å²) in [5, 5.41) is 12.5. The van der Waals surface area contributed by atoms with Crippen molar-refractivity contribution in [3.8, 4) is 11.8 Å². The van der Waals surface area contributed by atoms with E-state index in [0.717, 1.165) is 5.56 Å². The van der Waals surface area contributed by atoms with Crippen molar-refractivity contribution in [1.29, 1.82) is 5.26 Å². The Bertz CT molecular complexity index is 866. The number of benzene rings is 2. The van der Waals surface area contributed by atoms with Gasteiger partial charge >= 0.3 is 0 Å². The molecule has 0 spiro atoms. The number of halogens is 1. The van der Waals surface area contributed by atoms with Crippen LogP contribution in [0, 0.1) is 18.3 Å². The van der Waals surface area contributed by atoms with Gasteiger partial charge in [0.05, 0.1) is 0 Å². The van der Waals surface area contributed by atoms with Crippen molar-refractivity contribution in [2.24, 2.45) is 0 Å². The van der Waals surface area contributed by atoms with Gasteiger partial charge in [0.2, 0.25) is 0 Å². The van der Waals surface area contributed by atoms with E-state index in [1.54, 1.807) is 30.3 Å². The number of carbonyl (C=O) groups excluding carboxylic acids is 1. The minimum absolute atomic E-state index is 0.0489. The fraction of sp³-hybridized carbons (Fsp3) is 0.100. The first-order chi connectivity index (χ1) is 12.0. The van der Waals surface area contributed by atoms with E-state index in [9.17, 15) is 10.1 Å². The Morgan fingerprint density at radius 1 is 1.36 bits per heavy atom. The summed E-state index contributed by atoms with van der Waals surface area (Å²) >= 11 is 6.02. The number of nitrogens with one attached hydrogen (secondary N) is 1. The molecule has 0 saturated carbocycles. The van der Waals surface area contributed by atoms with E-state index in [0.29, 0.717) is 28.6 Å². The summed E-state index contributed by atoms with van der Waals surface area (Å²) < 4.78 is 5.54. The Kier molecular flexibility index (Phi) is 6.39. The predicted octanol–water partition coefficient (Wildman–Crippen LogP) is 4.76. The lowest BCUT2D eigenvalue weighted by Crippen LogP contribution is -2.13. The third-order valence-corrected chi connectivity index (χ3v) is 3.50. The lowest BCUT2D eigenvalue weighted by Gasteiger charge is -2.09. The molecule has 0 saturated heterocycles. The Morgan fingerprint density at radius 3 is 2.84 bits per heavy atom. The average Bonchev–Trinajstić information content (AvgIpc) is 2.58. The normalized spacial score (nSPS) is 10.7. The van der Waals surface area contributed by atoms with Crippen LogP contribution >= 0.6 is 11.6 Å². The maximum absolute atomic E-state index is 12.4. The van der Waals surface area contributed by atoms with E-state index < -0.39 is 5.91 Å². The lowest BCUT2D eigenvalue weighted by atomic mass is 10.1. The van der Waals surface area contributed by atoms with Crippen LogP contribution in [-0.2, 0) is 4.79 Å². The minimum atomic E-state index is -0.497. The molecule has 0 aliphatic heterocycles. The third kappa shape index (κ3) is 5.23. The van der Waals surface area contributed by atoms with Gasteiger partial charge in [0.15, 0.2) is 0 Å². The van der Waals surface area contributed by atoms with E-state index in [1.807, 2.05) is 31.2 Å². The van der Waals surface area contributed by atoms with Gasteiger partial charge in [-0.2, -0.15) is 5.26 Å². The van der Waals surface area contributed by atoms with E-state index >= 15 is 0 Å². The van der Waals surface area contributed by atoms with Crippen molar-refractivity contribution < 1.29 is 9.53 Å². The SMILES string of the molecule is C=CCOc1ccc(Cl)cc1/C=C(\C#N)C(=O)Nc1cccc(C)c1. The number of carbonyl (C=O) groups is 1. The Hall–Kier alpha value is -3.03. The molecule has 0 aromatic heterocycles. The topological polar surface area (TPSA) is 62.1 Å². The third-order valence-electron chi connectivity index (χ3n) is 3.27. The summed E-state index contributed by atoms with van der Waals surface area (Å²) in [5.74, 6) is 0.0168. The number of aryl methyl sites for hydroxylation is 1. The molecular formula is C20H17ClN2O2. The summed E-state index contributed by atoms with van der Waals surface area (Å²) in [6.45, 7) is 5.83. The minimum Gasteiger partial charge on any atom is -0.489 e. The van der Waals surface area contributed by atoms with Gasteiger partial charge in [0.1, 0.15) is 24.0 Å². The zero-order valence-electron chi connectivity index (χ0n) is 13.8.